The van der Waals surface area contributed by atoms with Gasteiger partial charge in [0.05, 0.1) is 28.8 Å². The van der Waals surface area contributed by atoms with Gasteiger partial charge in [-0.2, -0.15) is 8.78 Å². The van der Waals surface area contributed by atoms with Gasteiger partial charge in [0, 0.05) is 19.0 Å². The van der Waals surface area contributed by atoms with E-state index in [0.29, 0.717) is 44.3 Å². The van der Waals surface area contributed by atoms with Gasteiger partial charge in [0.2, 0.25) is 28.3 Å². The third-order valence-electron chi connectivity index (χ3n) is 12.2. The predicted molar refractivity (Wildman–Crippen MR) is 205 cm³/mol. The normalized spacial score (nSPS) is 26.6. The molecule has 2 aromatic rings. The molecule has 3 saturated carbocycles. The van der Waals surface area contributed by atoms with E-state index in [1.165, 1.54) is 31.1 Å². The molecule has 4 N–H and O–H groups in total. The number of hydrogen-bond acceptors (Lipinski definition) is 10. The maximum atomic E-state index is 15.1. The smallest absolute Gasteiger partial charge is 0.408 e. The van der Waals surface area contributed by atoms with Gasteiger partial charge in [-0.05, 0) is 81.3 Å². The number of aromatic nitrogens is 2. The molecule has 4 amide bonds. The number of fused-ring (bicyclic) bond motifs is 1. The van der Waals surface area contributed by atoms with Crippen LogP contribution in [0.5, 0.6) is 5.75 Å². The van der Waals surface area contributed by atoms with Crippen LogP contribution in [0.25, 0.3) is 11.0 Å². The maximum Gasteiger partial charge on any atom is 0.408 e. The first-order valence-electron chi connectivity index (χ1n) is 19.8. The van der Waals surface area contributed by atoms with Gasteiger partial charge in [0.1, 0.15) is 29.5 Å². The summed E-state index contributed by atoms with van der Waals surface area (Å²) in [6, 6.07) is 2.10. The quantitative estimate of drug-likeness (QED) is 0.138. The first kappa shape index (κ1) is 44.1. The van der Waals surface area contributed by atoms with E-state index in [4.69, 9.17) is 9.47 Å². The first-order valence-corrected chi connectivity index (χ1v) is 21.3. The summed E-state index contributed by atoms with van der Waals surface area (Å²) in [7, 11) is -2.76. The Kier molecular flexibility index (Phi) is 11.8. The van der Waals surface area contributed by atoms with E-state index < -0.39 is 116 Å². The van der Waals surface area contributed by atoms with Crippen LogP contribution in [0, 0.1) is 23.2 Å². The zero-order valence-electron chi connectivity index (χ0n) is 33.8. The Labute approximate surface area is 339 Å². The topological polar surface area (TPSA) is 206 Å². The van der Waals surface area contributed by atoms with Gasteiger partial charge >= 0.3 is 6.09 Å². The second-order valence-electron chi connectivity index (χ2n) is 17.9. The van der Waals surface area contributed by atoms with Gasteiger partial charge in [0.15, 0.2) is 5.69 Å². The highest BCUT2D eigenvalue weighted by Crippen LogP contribution is 2.49. The Hall–Kier alpha value is -4.49. The van der Waals surface area contributed by atoms with Gasteiger partial charge in [-0.15, -0.1) is 0 Å². The average Bonchev–Trinajstić information content (AvgIpc) is 4.10. The van der Waals surface area contributed by atoms with E-state index in [0.717, 1.165) is 0 Å². The molecule has 0 bridgehead atoms. The highest BCUT2D eigenvalue weighted by Gasteiger charge is 2.67. The van der Waals surface area contributed by atoms with Crippen molar-refractivity contribution in [3.05, 3.63) is 34.2 Å². The second-order valence-corrected chi connectivity index (χ2v) is 20.1. The van der Waals surface area contributed by atoms with E-state index in [1.807, 2.05) is 4.72 Å². The fraction of sp³-hybridized carbons (Fsp3) is 0.692. The Morgan fingerprint density at radius 1 is 1.12 bits per heavy atom. The summed E-state index contributed by atoms with van der Waals surface area (Å²) < 4.78 is 95.0. The molecule has 2 heterocycles. The SMILES string of the molecule is COc1ccc2nc(C(F)(F)CCCCC3CC3OC(=O)NC(C(=O)N3CCC(C)C3C(=O)NC3(C(=O)NS(=O)(=O)C4(C)CC4)CC3C(F)F)C(C)(C)C)c(=O)[nH]c2c1. The van der Waals surface area contributed by atoms with Gasteiger partial charge in [-0.25, -0.2) is 27.0 Å². The number of rotatable bonds is 16. The zero-order chi connectivity index (χ0) is 43.5. The summed E-state index contributed by atoms with van der Waals surface area (Å²) >= 11 is 0. The molecule has 15 nitrogen and oxygen atoms in total. The van der Waals surface area contributed by atoms with Crippen LogP contribution in [0.2, 0.25) is 0 Å². The number of ether oxygens (including phenoxy) is 2. The molecule has 7 atom stereocenters. The van der Waals surface area contributed by atoms with Crippen LogP contribution in [-0.4, -0.2) is 95.7 Å². The van der Waals surface area contributed by atoms with Crippen LogP contribution < -0.4 is 25.7 Å². The number of unbranched alkanes of at least 4 members (excludes halogenated alkanes) is 1. The molecule has 3 aliphatic carbocycles. The minimum absolute atomic E-state index is 0.0703. The molecule has 0 spiro atoms. The summed E-state index contributed by atoms with van der Waals surface area (Å²) in [6.45, 7) is 8.26. The monoisotopic (exact) mass is 856 g/mol. The largest absolute Gasteiger partial charge is 0.497 e. The molecule has 326 valence electrons. The number of hydrogen-bond donors (Lipinski definition) is 4. The number of nitrogens with one attached hydrogen (secondary N) is 4. The molecule has 7 unspecified atom stereocenters. The summed E-state index contributed by atoms with van der Waals surface area (Å²) in [5.41, 5.74) is -4.49. The van der Waals surface area contributed by atoms with Crippen LogP contribution in [0.4, 0.5) is 22.4 Å². The number of methoxy groups -OCH3 is 1. The molecule has 6 rings (SSSR count). The second kappa shape index (κ2) is 15.8. The Bertz CT molecular complexity index is 2160. The third-order valence-corrected chi connectivity index (χ3v) is 14.4. The number of carbonyl (C=O) groups is 4. The third kappa shape index (κ3) is 9.16. The summed E-state index contributed by atoms with van der Waals surface area (Å²) in [5, 5.41) is 5.01. The molecule has 4 fully saturated rings. The number of alkyl halides is 4. The Morgan fingerprint density at radius 3 is 2.42 bits per heavy atom. The van der Waals surface area contributed by atoms with Crippen molar-refractivity contribution in [2.24, 2.45) is 23.2 Å². The zero-order valence-corrected chi connectivity index (χ0v) is 34.6. The van der Waals surface area contributed by atoms with Crippen LogP contribution >= 0.6 is 0 Å². The lowest BCUT2D eigenvalue weighted by atomic mass is 9.85. The lowest BCUT2D eigenvalue weighted by molar-refractivity contribution is -0.143. The van der Waals surface area contributed by atoms with Crippen molar-refractivity contribution in [1.82, 2.24) is 30.2 Å². The molecule has 20 heteroatoms. The molecular weight excluding hydrogens is 805 g/mol. The van der Waals surface area contributed by atoms with Gasteiger partial charge in [-0.1, -0.05) is 34.1 Å². The average molecular weight is 857 g/mol. The lowest BCUT2D eigenvalue weighted by Gasteiger charge is -2.36. The van der Waals surface area contributed by atoms with E-state index in [1.54, 1.807) is 33.8 Å². The minimum Gasteiger partial charge on any atom is -0.497 e. The van der Waals surface area contributed by atoms with E-state index >= 15 is 8.78 Å². The summed E-state index contributed by atoms with van der Waals surface area (Å²) in [6.07, 6.45) is -3.25. The van der Waals surface area contributed by atoms with Gasteiger partial charge < -0.3 is 30.0 Å². The highest BCUT2D eigenvalue weighted by molar-refractivity contribution is 7.91. The molecule has 4 aliphatic rings. The van der Waals surface area contributed by atoms with Crippen molar-refractivity contribution in [3.8, 4) is 5.75 Å². The lowest BCUT2D eigenvalue weighted by Crippen LogP contribution is -2.61. The number of nitrogens with zero attached hydrogens (tertiary/aromatic N) is 2. The minimum atomic E-state index is -4.20. The molecular formula is C39H52F4N6O9S. The highest BCUT2D eigenvalue weighted by atomic mass is 32.2. The van der Waals surface area contributed by atoms with E-state index in [9.17, 15) is 41.2 Å². The molecule has 1 aliphatic heterocycles. The van der Waals surface area contributed by atoms with Crippen molar-refractivity contribution < 1.29 is 54.6 Å². The molecule has 1 aromatic heterocycles. The van der Waals surface area contributed by atoms with E-state index in [-0.39, 0.29) is 29.9 Å². The van der Waals surface area contributed by atoms with Crippen molar-refractivity contribution >= 4 is 44.9 Å². The van der Waals surface area contributed by atoms with Gasteiger partial charge in [0.25, 0.3) is 17.4 Å². The van der Waals surface area contributed by atoms with Crippen LogP contribution in [-0.2, 0) is 35.1 Å². The fourth-order valence-electron chi connectivity index (χ4n) is 7.81. The van der Waals surface area contributed by atoms with Crippen molar-refractivity contribution in [2.45, 2.75) is 133 Å². The number of carbonyl (C=O) groups excluding carboxylic acids is 4. The number of aromatic amines is 1. The first-order chi connectivity index (χ1) is 27.4. The van der Waals surface area contributed by atoms with Crippen LogP contribution in [0.1, 0.15) is 98.1 Å². The number of alkyl carbamates (subject to hydrolysis) is 1. The van der Waals surface area contributed by atoms with Crippen molar-refractivity contribution in [2.75, 3.05) is 13.7 Å². The fourth-order valence-corrected chi connectivity index (χ4v) is 9.12. The number of benzene rings is 1. The number of amides is 4. The number of sulfonamides is 1. The molecule has 59 heavy (non-hydrogen) atoms. The van der Waals surface area contributed by atoms with Crippen LogP contribution in [0.15, 0.2) is 23.0 Å². The van der Waals surface area contributed by atoms with Gasteiger partial charge in [-0.3, -0.25) is 23.9 Å². The van der Waals surface area contributed by atoms with Crippen molar-refractivity contribution in [3.63, 3.8) is 0 Å². The Balaban J connectivity index is 1.02. The number of halogens is 4. The predicted octanol–water partition coefficient (Wildman–Crippen LogP) is 4.49. The molecule has 1 saturated heterocycles. The molecule has 0 radical (unpaired) electrons. The maximum absolute atomic E-state index is 15.1. The summed E-state index contributed by atoms with van der Waals surface area (Å²) in [5.74, 6) is -8.06. The van der Waals surface area contributed by atoms with E-state index in [2.05, 4.69) is 20.6 Å². The molecule has 1 aromatic carbocycles. The van der Waals surface area contributed by atoms with Crippen molar-refractivity contribution in [1.29, 1.82) is 0 Å². The van der Waals surface area contributed by atoms with Crippen LogP contribution in [0.3, 0.4) is 0 Å². The summed E-state index contributed by atoms with van der Waals surface area (Å²) in [4.78, 5) is 74.4. The standard InChI is InChI=1S/C39H52F4N6O9S/c1-20-12-16-49(27(20)31(50)47-38(19-23(38)30(40)41)34(53)48-59(55,56)37(5)14-15-37)33(52)29(36(2,3)4)46-35(54)58-26-17-21(26)9-7-8-13-39(42,43)28-32(51)45-25-18-22(57-6)10-11-24(25)44-28/h10-11,18,20-21,23,26-27,29-30H,7-9,12-17,19H2,1-6H3,(H,45,51)(H,46,54)(H,47,50)(H,48,53). The number of likely N-dealkylation sites (tertiary alicyclic amines) is 1. The number of H-pyrrole nitrogens is 1. The Morgan fingerprint density at radius 2 is 1.81 bits per heavy atom.